The number of carbonyl (C=O) groups excluding carboxylic acids is 1. The van der Waals surface area contributed by atoms with Gasteiger partial charge < -0.3 is 9.84 Å². The summed E-state index contributed by atoms with van der Waals surface area (Å²) >= 11 is 1.43. The first kappa shape index (κ1) is 25.1. The molecule has 0 unspecified atom stereocenters. The molecule has 2 fully saturated rings. The van der Waals surface area contributed by atoms with Gasteiger partial charge in [-0.3, -0.25) is 9.69 Å². The van der Waals surface area contributed by atoms with Crippen LogP contribution in [0.3, 0.4) is 0 Å². The van der Waals surface area contributed by atoms with E-state index in [1.54, 1.807) is 12.1 Å². The molecule has 0 bridgehead atoms. The second kappa shape index (κ2) is 11.6. The van der Waals surface area contributed by atoms with E-state index in [9.17, 15) is 9.90 Å². The number of aliphatic imine (C=N–C) groups is 1. The number of allylic oxidation sites excluding steroid dienone is 1. The van der Waals surface area contributed by atoms with Crippen LogP contribution in [0, 0.1) is 0 Å². The lowest BCUT2D eigenvalue weighted by molar-refractivity contribution is -0.124. The van der Waals surface area contributed by atoms with Gasteiger partial charge in [-0.1, -0.05) is 44.4 Å². The van der Waals surface area contributed by atoms with E-state index in [2.05, 4.69) is 25.6 Å². The third-order valence-corrected chi connectivity index (χ3v) is 7.47. The number of hydrogen-bond donors (Lipinski definition) is 1. The summed E-state index contributed by atoms with van der Waals surface area (Å²) in [6.07, 6.45) is 10.6. The molecule has 1 saturated carbocycles. The standard InChI is InChI=1S/C29H34N2O3S/c1-4-10-22-17-21(18-25(27(22)32)34-6-3)19-26-28(33)31(24-11-8-7-9-12-24)29(35-26)30-23-15-13-20(5-2)14-16-23/h4,13-19,24,32H,1,5-12H2,2-3H3/b26-19-,30-29?. The monoisotopic (exact) mass is 490 g/mol. The van der Waals surface area contributed by atoms with E-state index < -0.39 is 0 Å². The summed E-state index contributed by atoms with van der Waals surface area (Å²) < 4.78 is 5.65. The highest BCUT2D eigenvalue weighted by molar-refractivity contribution is 8.18. The number of rotatable bonds is 8. The van der Waals surface area contributed by atoms with Gasteiger partial charge in [0.1, 0.15) is 0 Å². The third-order valence-electron chi connectivity index (χ3n) is 6.48. The number of aryl methyl sites for hydroxylation is 1. The zero-order valence-electron chi connectivity index (χ0n) is 20.6. The van der Waals surface area contributed by atoms with Gasteiger partial charge in [0.2, 0.25) is 0 Å². The number of phenolic OH excluding ortho intramolecular Hbond substituents is 1. The predicted octanol–water partition coefficient (Wildman–Crippen LogP) is 7.02. The van der Waals surface area contributed by atoms with Crippen LogP contribution in [-0.2, 0) is 17.6 Å². The lowest BCUT2D eigenvalue weighted by Gasteiger charge is -2.30. The first-order valence-electron chi connectivity index (χ1n) is 12.5. The zero-order valence-corrected chi connectivity index (χ0v) is 21.4. The number of nitrogens with zero attached hydrogens (tertiary/aromatic N) is 2. The quantitative estimate of drug-likeness (QED) is 0.319. The Balaban J connectivity index is 1.72. The molecule has 1 heterocycles. The molecule has 2 aliphatic rings. The topological polar surface area (TPSA) is 62.1 Å². The normalized spacial score (nSPS) is 19.0. The lowest BCUT2D eigenvalue weighted by atomic mass is 9.94. The molecule has 2 aromatic rings. The van der Waals surface area contributed by atoms with Gasteiger partial charge in [0.05, 0.1) is 17.2 Å². The molecule has 0 atom stereocenters. The van der Waals surface area contributed by atoms with Crippen molar-refractivity contribution in [3.05, 3.63) is 70.6 Å². The van der Waals surface area contributed by atoms with Gasteiger partial charge in [-0.15, -0.1) is 6.58 Å². The first-order valence-corrected chi connectivity index (χ1v) is 13.4. The zero-order chi connectivity index (χ0) is 24.8. The Morgan fingerprint density at radius 1 is 1.17 bits per heavy atom. The Morgan fingerprint density at radius 3 is 2.57 bits per heavy atom. The van der Waals surface area contributed by atoms with Crippen molar-refractivity contribution in [1.29, 1.82) is 0 Å². The SMILES string of the molecule is C=CCc1cc(/C=C2\SC(=Nc3ccc(CC)cc3)N(C3CCCCC3)C2=O)cc(OCC)c1O. The molecule has 1 N–H and O–H groups in total. The Morgan fingerprint density at radius 2 is 1.91 bits per heavy atom. The van der Waals surface area contributed by atoms with Crippen molar-refractivity contribution >= 4 is 34.6 Å². The summed E-state index contributed by atoms with van der Waals surface area (Å²) in [6.45, 7) is 8.25. The van der Waals surface area contributed by atoms with Crippen LogP contribution in [0.4, 0.5) is 5.69 Å². The maximum atomic E-state index is 13.7. The van der Waals surface area contributed by atoms with E-state index in [1.807, 2.05) is 36.1 Å². The highest BCUT2D eigenvalue weighted by Crippen LogP contribution is 2.40. The number of thioether (sulfide) groups is 1. The van der Waals surface area contributed by atoms with E-state index in [-0.39, 0.29) is 17.7 Å². The van der Waals surface area contributed by atoms with Gasteiger partial charge in [-0.2, -0.15) is 0 Å². The number of hydrogen-bond acceptors (Lipinski definition) is 5. The molecule has 1 saturated heterocycles. The van der Waals surface area contributed by atoms with Crippen LogP contribution in [0.5, 0.6) is 11.5 Å². The van der Waals surface area contributed by atoms with Crippen molar-refractivity contribution in [3.8, 4) is 11.5 Å². The molecule has 1 aliphatic heterocycles. The average Bonchev–Trinajstić information content (AvgIpc) is 3.17. The Bertz CT molecular complexity index is 1130. The smallest absolute Gasteiger partial charge is 0.267 e. The van der Waals surface area contributed by atoms with Crippen LogP contribution in [-0.4, -0.2) is 33.7 Å². The fourth-order valence-corrected chi connectivity index (χ4v) is 5.70. The van der Waals surface area contributed by atoms with Crippen molar-refractivity contribution in [2.45, 2.75) is 64.8 Å². The minimum absolute atomic E-state index is 0.00198. The predicted molar refractivity (Wildman–Crippen MR) is 145 cm³/mol. The van der Waals surface area contributed by atoms with E-state index in [0.717, 1.165) is 54.1 Å². The largest absolute Gasteiger partial charge is 0.504 e. The number of benzene rings is 2. The maximum absolute atomic E-state index is 13.7. The van der Waals surface area contributed by atoms with Crippen LogP contribution in [0.1, 0.15) is 62.6 Å². The molecule has 6 heteroatoms. The number of carbonyl (C=O) groups is 1. The molecule has 0 spiro atoms. The van der Waals surface area contributed by atoms with Gasteiger partial charge in [-0.25, -0.2) is 4.99 Å². The van der Waals surface area contributed by atoms with E-state index in [4.69, 9.17) is 9.73 Å². The number of amides is 1. The molecule has 1 aliphatic carbocycles. The molecule has 1 amide bonds. The summed E-state index contributed by atoms with van der Waals surface area (Å²) in [5.74, 6) is 0.547. The second-order valence-electron chi connectivity index (χ2n) is 8.94. The van der Waals surface area contributed by atoms with E-state index in [0.29, 0.717) is 23.7 Å². The van der Waals surface area contributed by atoms with Crippen molar-refractivity contribution in [2.24, 2.45) is 4.99 Å². The van der Waals surface area contributed by atoms with Crippen molar-refractivity contribution in [3.63, 3.8) is 0 Å². The van der Waals surface area contributed by atoms with Crippen molar-refractivity contribution in [2.75, 3.05) is 6.61 Å². The molecule has 4 rings (SSSR count). The summed E-state index contributed by atoms with van der Waals surface area (Å²) in [4.78, 5) is 21.1. The third kappa shape index (κ3) is 5.81. The summed E-state index contributed by atoms with van der Waals surface area (Å²) in [5.41, 5.74) is 3.66. The molecule has 35 heavy (non-hydrogen) atoms. The maximum Gasteiger partial charge on any atom is 0.267 e. The van der Waals surface area contributed by atoms with Gasteiger partial charge in [-0.05, 0) is 85.8 Å². The lowest BCUT2D eigenvalue weighted by Crippen LogP contribution is -2.40. The fourth-order valence-electron chi connectivity index (χ4n) is 4.64. The number of ether oxygens (including phenoxy) is 1. The molecule has 2 aromatic carbocycles. The second-order valence-corrected chi connectivity index (χ2v) is 9.95. The first-order chi connectivity index (χ1) is 17.0. The molecular weight excluding hydrogens is 456 g/mol. The molecule has 5 nitrogen and oxygen atoms in total. The van der Waals surface area contributed by atoms with Gasteiger partial charge in [0, 0.05) is 11.6 Å². The van der Waals surface area contributed by atoms with Crippen LogP contribution in [0.25, 0.3) is 6.08 Å². The van der Waals surface area contributed by atoms with Gasteiger partial charge in [0.15, 0.2) is 16.7 Å². The molecule has 0 radical (unpaired) electrons. The number of phenols is 1. The van der Waals surface area contributed by atoms with Crippen LogP contribution in [0.2, 0.25) is 0 Å². The van der Waals surface area contributed by atoms with Gasteiger partial charge in [0.25, 0.3) is 5.91 Å². The summed E-state index contributed by atoms with van der Waals surface area (Å²) in [7, 11) is 0. The van der Waals surface area contributed by atoms with Crippen LogP contribution >= 0.6 is 11.8 Å². The summed E-state index contributed by atoms with van der Waals surface area (Å²) in [5, 5.41) is 11.3. The van der Waals surface area contributed by atoms with Gasteiger partial charge >= 0.3 is 0 Å². The van der Waals surface area contributed by atoms with E-state index in [1.165, 1.54) is 23.7 Å². The minimum Gasteiger partial charge on any atom is -0.504 e. The highest BCUT2D eigenvalue weighted by Gasteiger charge is 2.38. The average molecular weight is 491 g/mol. The fraction of sp³-hybridized carbons (Fsp3) is 0.379. The van der Waals surface area contributed by atoms with Crippen molar-refractivity contribution in [1.82, 2.24) is 4.90 Å². The molecule has 184 valence electrons. The Kier molecular flexibility index (Phi) is 8.34. The minimum atomic E-state index is 0.00198. The van der Waals surface area contributed by atoms with E-state index >= 15 is 0 Å². The van der Waals surface area contributed by atoms with Crippen molar-refractivity contribution < 1.29 is 14.6 Å². The molecule has 0 aromatic heterocycles. The highest BCUT2D eigenvalue weighted by atomic mass is 32.2. The number of amidine groups is 1. The van der Waals surface area contributed by atoms with Crippen LogP contribution < -0.4 is 4.74 Å². The summed E-state index contributed by atoms with van der Waals surface area (Å²) in [6, 6.07) is 12.1. The number of aromatic hydroxyl groups is 1. The Labute approximate surface area is 212 Å². The Hall–Kier alpha value is -2.99. The molecular formula is C29H34N2O3S. The van der Waals surface area contributed by atoms with Crippen LogP contribution in [0.15, 0.2) is 59.0 Å².